The summed E-state index contributed by atoms with van der Waals surface area (Å²) in [4.78, 5) is 43.6. The Morgan fingerprint density at radius 1 is 1.14 bits per heavy atom. The average molecular weight is 413 g/mol. The molecule has 0 radical (unpaired) electrons. The van der Waals surface area contributed by atoms with Crippen molar-refractivity contribution in [3.63, 3.8) is 0 Å². The van der Waals surface area contributed by atoms with E-state index in [9.17, 15) is 14.4 Å². The van der Waals surface area contributed by atoms with E-state index in [-0.39, 0.29) is 16.9 Å². The van der Waals surface area contributed by atoms with Crippen molar-refractivity contribution in [3.05, 3.63) is 62.4 Å². The first-order valence-electron chi connectivity index (χ1n) is 9.51. The molecule has 1 amide bonds. The fourth-order valence-electron chi connectivity index (χ4n) is 3.29. The largest absolute Gasteiger partial charge is 0.332 e. The predicted octanol–water partition coefficient (Wildman–Crippen LogP) is 2.95. The lowest BCUT2D eigenvalue weighted by atomic mass is 10.1. The lowest BCUT2D eigenvalue weighted by Gasteiger charge is -2.16. The Kier molecular flexibility index (Phi) is 6.22. The molecule has 2 aromatic heterocycles. The van der Waals surface area contributed by atoms with Crippen molar-refractivity contribution in [3.8, 4) is 0 Å². The molecule has 0 saturated heterocycles. The van der Waals surface area contributed by atoms with Gasteiger partial charge < -0.3 is 5.32 Å². The standard InChI is InChI=1S/C21H24N4O3S/c1-5-9-13-12-22-18-16(20(27)25(4)21(28)24(18)3)17(13)23-19(26)14-10-7-8-11-15(14)29-6-2/h7-8,10-12H,5-6,9H2,1-4H3,(H,22,23,26). The highest BCUT2D eigenvalue weighted by atomic mass is 32.2. The molecule has 0 spiro atoms. The third kappa shape index (κ3) is 3.85. The maximum Gasteiger partial charge on any atom is 0.332 e. The second-order valence-corrected chi connectivity index (χ2v) is 8.00. The van der Waals surface area contributed by atoms with E-state index >= 15 is 0 Å². The van der Waals surface area contributed by atoms with E-state index < -0.39 is 11.2 Å². The van der Waals surface area contributed by atoms with Gasteiger partial charge in [0.15, 0.2) is 5.65 Å². The number of carbonyl (C=O) groups excluding carboxylic acids is 1. The number of rotatable bonds is 6. The number of pyridine rings is 1. The molecule has 0 aliphatic rings. The van der Waals surface area contributed by atoms with Crippen LogP contribution in [0.3, 0.4) is 0 Å². The zero-order valence-corrected chi connectivity index (χ0v) is 17.8. The van der Waals surface area contributed by atoms with Gasteiger partial charge in [0.1, 0.15) is 5.39 Å². The highest BCUT2D eigenvalue weighted by Crippen LogP contribution is 2.27. The molecule has 8 heteroatoms. The van der Waals surface area contributed by atoms with Gasteiger partial charge in [0.25, 0.3) is 11.5 Å². The highest BCUT2D eigenvalue weighted by molar-refractivity contribution is 7.99. The van der Waals surface area contributed by atoms with Gasteiger partial charge in [-0.3, -0.25) is 18.7 Å². The minimum atomic E-state index is -0.472. The van der Waals surface area contributed by atoms with Crippen LogP contribution in [0.5, 0.6) is 0 Å². The lowest BCUT2D eigenvalue weighted by molar-refractivity contribution is 0.102. The first kappa shape index (κ1) is 20.9. The minimum Gasteiger partial charge on any atom is -0.321 e. The molecule has 7 nitrogen and oxygen atoms in total. The second kappa shape index (κ2) is 8.65. The van der Waals surface area contributed by atoms with Gasteiger partial charge in [-0.25, -0.2) is 9.78 Å². The number of aromatic nitrogens is 3. The van der Waals surface area contributed by atoms with E-state index in [2.05, 4.69) is 10.3 Å². The molecule has 0 saturated carbocycles. The molecule has 0 fully saturated rings. The predicted molar refractivity (Wildman–Crippen MR) is 117 cm³/mol. The summed E-state index contributed by atoms with van der Waals surface area (Å²) >= 11 is 1.58. The molecule has 3 aromatic rings. The molecule has 0 unspecified atom stereocenters. The van der Waals surface area contributed by atoms with Crippen molar-refractivity contribution in [1.29, 1.82) is 0 Å². The molecule has 0 aliphatic heterocycles. The van der Waals surface area contributed by atoms with Gasteiger partial charge in [0.2, 0.25) is 0 Å². The van der Waals surface area contributed by atoms with E-state index in [1.807, 2.05) is 32.0 Å². The van der Waals surface area contributed by atoms with E-state index in [0.717, 1.165) is 27.2 Å². The maximum absolute atomic E-state index is 13.1. The number of fused-ring (bicyclic) bond motifs is 1. The van der Waals surface area contributed by atoms with Crippen LogP contribution in [-0.2, 0) is 20.5 Å². The molecule has 0 atom stereocenters. The molecular weight excluding hydrogens is 388 g/mol. The van der Waals surface area contributed by atoms with Crippen LogP contribution >= 0.6 is 11.8 Å². The second-order valence-electron chi connectivity index (χ2n) is 6.70. The third-order valence-electron chi connectivity index (χ3n) is 4.74. The van der Waals surface area contributed by atoms with Crippen LogP contribution in [0.4, 0.5) is 5.69 Å². The number of aryl methyl sites for hydroxylation is 2. The molecule has 0 bridgehead atoms. The smallest absolute Gasteiger partial charge is 0.321 e. The zero-order chi connectivity index (χ0) is 21.1. The Morgan fingerprint density at radius 2 is 1.86 bits per heavy atom. The van der Waals surface area contributed by atoms with Crippen LogP contribution in [0.15, 0.2) is 44.9 Å². The maximum atomic E-state index is 13.1. The highest BCUT2D eigenvalue weighted by Gasteiger charge is 2.20. The SMILES string of the molecule is CCCc1cnc2c(c1NC(=O)c1ccccc1SCC)c(=O)n(C)c(=O)n2C. The van der Waals surface area contributed by atoms with Crippen molar-refractivity contribution < 1.29 is 4.79 Å². The van der Waals surface area contributed by atoms with Crippen molar-refractivity contribution in [2.24, 2.45) is 14.1 Å². The van der Waals surface area contributed by atoms with Gasteiger partial charge in [-0.2, -0.15) is 0 Å². The summed E-state index contributed by atoms with van der Waals surface area (Å²) < 4.78 is 2.36. The number of thioether (sulfide) groups is 1. The van der Waals surface area contributed by atoms with Crippen molar-refractivity contribution >= 4 is 34.4 Å². The number of benzene rings is 1. The van der Waals surface area contributed by atoms with E-state index in [0.29, 0.717) is 17.7 Å². The quantitative estimate of drug-likeness (QED) is 0.629. The number of hydrogen-bond donors (Lipinski definition) is 1. The van der Waals surface area contributed by atoms with Crippen molar-refractivity contribution in [2.45, 2.75) is 31.6 Å². The summed E-state index contributed by atoms with van der Waals surface area (Å²) in [5.74, 6) is 0.550. The molecule has 2 heterocycles. The molecule has 1 aromatic carbocycles. The number of nitrogens with one attached hydrogen (secondary N) is 1. The molecule has 0 aliphatic carbocycles. The monoisotopic (exact) mass is 412 g/mol. The average Bonchev–Trinajstić information content (AvgIpc) is 2.72. The van der Waals surface area contributed by atoms with Gasteiger partial charge in [0, 0.05) is 25.2 Å². The number of carbonyl (C=O) groups is 1. The summed E-state index contributed by atoms with van der Waals surface area (Å²) in [6, 6.07) is 7.38. The summed E-state index contributed by atoms with van der Waals surface area (Å²) in [5, 5.41) is 3.19. The number of anilines is 1. The van der Waals surface area contributed by atoms with Gasteiger partial charge >= 0.3 is 5.69 Å². The Morgan fingerprint density at radius 3 is 2.55 bits per heavy atom. The normalized spacial score (nSPS) is 11.0. The first-order valence-corrected chi connectivity index (χ1v) is 10.5. The molecule has 152 valence electrons. The van der Waals surface area contributed by atoms with Crippen LogP contribution in [0, 0.1) is 0 Å². The van der Waals surface area contributed by atoms with Crippen LogP contribution in [-0.4, -0.2) is 25.8 Å². The van der Waals surface area contributed by atoms with Gasteiger partial charge in [-0.05, 0) is 29.9 Å². The van der Waals surface area contributed by atoms with E-state index in [1.165, 1.54) is 11.6 Å². The van der Waals surface area contributed by atoms with Crippen molar-refractivity contribution in [1.82, 2.24) is 14.1 Å². The fraction of sp³-hybridized carbons (Fsp3) is 0.333. The Hall–Kier alpha value is -2.87. The van der Waals surface area contributed by atoms with Gasteiger partial charge in [-0.15, -0.1) is 11.8 Å². The Bertz CT molecular complexity index is 1200. The first-order chi connectivity index (χ1) is 13.9. The van der Waals surface area contributed by atoms with Crippen LogP contribution in [0.2, 0.25) is 0 Å². The topological polar surface area (TPSA) is 86.0 Å². The summed E-state index contributed by atoms with van der Waals surface area (Å²) in [7, 11) is 2.99. The van der Waals surface area contributed by atoms with Gasteiger partial charge in [0.05, 0.1) is 11.3 Å². The molecule has 29 heavy (non-hydrogen) atoms. The number of hydrogen-bond acceptors (Lipinski definition) is 5. The van der Waals surface area contributed by atoms with Crippen molar-refractivity contribution in [2.75, 3.05) is 11.1 Å². The van der Waals surface area contributed by atoms with Crippen LogP contribution in [0.1, 0.15) is 36.2 Å². The minimum absolute atomic E-state index is 0.245. The lowest BCUT2D eigenvalue weighted by Crippen LogP contribution is -2.38. The number of amides is 1. The number of nitrogens with zero attached hydrogens (tertiary/aromatic N) is 3. The van der Waals surface area contributed by atoms with Crippen LogP contribution in [0.25, 0.3) is 11.0 Å². The van der Waals surface area contributed by atoms with Gasteiger partial charge in [-0.1, -0.05) is 32.4 Å². The fourth-order valence-corrected chi connectivity index (χ4v) is 4.09. The van der Waals surface area contributed by atoms with Crippen LogP contribution < -0.4 is 16.6 Å². The third-order valence-corrected chi connectivity index (χ3v) is 5.69. The molecule has 3 rings (SSSR count). The van der Waals surface area contributed by atoms with E-state index in [4.69, 9.17) is 0 Å². The molecular formula is C21H24N4O3S. The summed E-state index contributed by atoms with van der Waals surface area (Å²) in [5.41, 5.74) is 1.07. The Balaban J connectivity index is 2.23. The zero-order valence-electron chi connectivity index (χ0n) is 17.0. The van der Waals surface area contributed by atoms with E-state index in [1.54, 1.807) is 31.1 Å². The summed E-state index contributed by atoms with van der Waals surface area (Å²) in [6.45, 7) is 4.04. The Labute approximate surface area is 172 Å². The summed E-state index contributed by atoms with van der Waals surface area (Å²) in [6.07, 6.45) is 3.10. The molecule has 1 N–H and O–H groups in total.